The molecule has 1 aliphatic rings. The molecule has 1 amide bonds. The van der Waals surface area contributed by atoms with Crippen molar-refractivity contribution in [2.45, 2.75) is 44.7 Å². The van der Waals surface area contributed by atoms with E-state index in [2.05, 4.69) is 25.6 Å². The maximum Gasteiger partial charge on any atom is 0.225 e. The molecule has 1 atom stereocenters. The van der Waals surface area contributed by atoms with Crippen LogP contribution in [0.2, 0.25) is 5.02 Å². The van der Waals surface area contributed by atoms with E-state index in [1.165, 1.54) is 6.07 Å². The summed E-state index contributed by atoms with van der Waals surface area (Å²) in [7, 11) is 0. The normalized spacial score (nSPS) is 19.6. The van der Waals surface area contributed by atoms with Gasteiger partial charge in [0.25, 0.3) is 0 Å². The molecule has 0 aliphatic heterocycles. The number of carbonyl (C=O) groups excluding carboxylic acids is 1. The number of nitrogens with one attached hydrogen (secondary N) is 2. The van der Waals surface area contributed by atoms with E-state index in [1.807, 2.05) is 11.5 Å². The highest BCUT2D eigenvalue weighted by atomic mass is 35.5. The predicted molar refractivity (Wildman–Crippen MR) is 120 cm³/mol. The third-order valence-electron chi connectivity index (χ3n) is 5.74. The van der Waals surface area contributed by atoms with Crippen LogP contribution >= 0.6 is 11.6 Å². The number of rotatable bonds is 7. The Balaban J connectivity index is 1.75. The molecule has 2 aromatic heterocycles. The molecular weight excluding hydrogens is 437 g/mol. The minimum absolute atomic E-state index is 0.00361. The first kappa shape index (κ1) is 22.2. The molecule has 11 heteroatoms. The number of hydrogen-bond donors (Lipinski definition) is 4. The van der Waals surface area contributed by atoms with Crippen LogP contribution in [-0.2, 0) is 4.79 Å². The monoisotopic (exact) mass is 461 g/mol. The zero-order valence-electron chi connectivity index (χ0n) is 17.6. The predicted octanol–water partition coefficient (Wildman–Crippen LogP) is 3.37. The Kier molecular flexibility index (Phi) is 6.43. The third-order valence-corrected chi connectivity index (χ3v) is 6.04. The van der Waals surface area contributed by atoms with Crippen molar-refractivity contribution < 1.29 is 14.3 Å². The lowest BCUT2D eigenvalue weighted by molar-refractivity contribution is -0.122. The maximum absolute atomic E-state index is 14.6. The second-order valence-electron chi connectivity index (χ2n) is 8.07. The largest absolute Gasteiger partial charge is 0.394 e. The summed E-state index contributed by atoms with van der Waals surface area (Å²) in [6.45, 7) is 1.74. The molecule has 1 aliphatic carbocycles. The smallest absolute Gasteiger partial charge is 0.225 e. The van der Waals surface area contributed by atoms with Crippen LogP contribution in [0.3, 0.4) is 0 Å². The van der Waals surface area contributed by atoms with Gasteiger partial charge in [-0.2, -0.15) is 4.98 Å². The van der Waals surface area contributed by atoms with Crippen molar-refractivity contribution in [3.8, 4) is 0 Å². The van der Waals surface area contributed by atoms with Gasteiger partial charge < -0.3 is 21.5 Å². The molecular formula is C21H25ClFN7O2. The number of nitrogens with two attached hydrogens (primary N) is 1. The molecule has 170 valence electrons. The van der Waals surface area contributed by atoms with Crippen molar-refractivity contribution in [2.24, 2.45) is 11.7 Å². The average molecular weight is 462 g/mol. The van der Waals surface area contributed by atoms with E-state index in [9.17, 15) is 14.3 Å². The van der Waals surface area contributed by atoms with Gasteiger partial charge in [0.2, 0.25) is 17.8 Å². The molecule has 1 fully saturated rings. The molecule has 0 unspecified atom stereocenters. The molecule has 1 saturated carbocycles. The van der Waals surface area contributed by atoms with E-state index in [-0.39, 0.29) is 41.2 Å². The second kappa shape index (κ2) is 9.25. The van der Waals surface area contributed by atoms with Crippen LogP contribution in [0.15, 0.2) is 24.4 Å². The standard InChI is InChI=1S/C21H25ClFN7O2/c1-11(10-31)26-20-25-9-16-19(29-20)30(13-7-5-12(6-8-13)18(24)32)21(28-16)27-15-4-2-3-14(22)17(15)23/h2-4,9,11-13,31H,5-8,10H2,1H3,(H2,24,32)(H,27,28)(H,25,26,29)/t11-,12?,13?/m0/s1. The zero-order chi connectivity index (χ0) is 22.8. The second-order valence-corrected chi connectivity index (χ2v) is 8.48. The zero-order valence-corrected chi connectivity index (χ0v) is 18.3. The van der Waals surface area contributed by atoms with Gasteiger partial charge in [0.1, 0.15) is 5.52 Å². The molecule has 0 bridgehead atoms. The summed E-state index contributed by atoms with van der Waals surface area (Å²) in [5.74, 6) is -0.252. The van der Waals surface area contributed by atoms with Crippen molar-refractivity contribution in [2.75, 3.05) is 17.2 Å². The van der Waals surface area contributed by atoms with E-state index >= 15 is 0 Å². The summed E-state index contributed by atoms with van der Waals surface area (Å²) in [4.78, 5) is 25.1. The summed E-state index contributed by atoms with van der Waals surface area (Å²) in [6.07, 6.45) is 4.29. The van der Waals surface area contributed by atoms with Gasteiger partial charge in [-0.05, 0) is 44.7 Å². The molecule has 2 heterocycles. The van der Waals surface area contributed by atoms with E-state index in [4.69, 9.17) is 17.3 Å². The number of benzene rings is 1. The Morgan fingerprint density at radius 2 is 2.09 bits per heavy atom. The van der Waals surface area contributed by atoms with Crippen LogP contribution in [0.25, 0.3) is 11.2 Å². The molecule has 3 aromatic rings. The number of aromatic nitrogens is 4. The van der Waals surface area contributed by atoms with E-state index in [0.717, 1.165) is 0 Å². The Morgan fingerprint density at radius 3 is 2.78 bits per heavy atom. The lowest BCUT2D eigenvalue weighted by atomic mass is 9.85. The van der Waals surface area contributed by atoms with Gasteiger partial charge >= 0.3 is 0 Å². The Labute approximate surface area is 189 Å². The number of aliphatic hydroxyl groups is 1. The van der Waals surface area contributed by atoms with Gasteiger partial charge in [0, 0.05) is 18.0 Å². The maximum atomic E-state index is 14.6. The van der Waals surface area contributed by atoms with Gasteiger partial charge in [-0.25, -0.2) is 14.4 Å². The number of hydrogen-bond acceptors (Lipinski definition) is 7. The molecule has 4 rings (SSSR count). The molecule has 9 nitrogen and oxygen atoms in total. The fourth-order valence-electron chi connectivity index (χ4n) is 4.00. The fraction of sp³-hybridized carbons (Fsp3) is 0.429. The van der Waals surface area contributed by atoms with Gasteiger partial charge in [-0.1, -0.05) is 17.7 Å². The summed E-state index contributed by atoms with van der Waals surface area (Å²) in [5.41, 5.74) is 6.79. The van der Waals surface area contributed by atoms with Crippen molar-refractivity contribution in [1.29, 1.82) is 0 Å². The highest BCUT2D eigenvalue weighted by molar-refractivity contribution is 6.31. The SMILES string of the molecule is C[C@@H](CO)Nc1ncc2nc(Nc3cccc(Cl)c3F)n(C3CCC(C(N)=O)CC3)c2n1. The van der Waals surface area contributed by atoms with Crippen molar-refractivity contribution in [1.82, 2.24) is 19.5 Å². The number of carbonyl (C=O) groups is 1. The van der Waals surface area contributed by atoms with Crippen molar-refractivity contribution in [3.05, 3.63) is 35.2 Å². The summed E-state index contributed by atoms with van der Waals surface area (Å²) in [6, 6.07) is 4.46. The van der Waals surface area contributed by atoms with Crippen LogP contribution in [0, 0.1) is 11.7 Å². The summed E-state index contributed by atoms with van der Waals surface area (Å²) >= 11 is 5.94. The number of imidazole rings is 1. The van der Waals surface area contributed by atoms with Crippen LogP contribution in [0.1, 0.15) is 38.6 Å². The van der Waals surface area contributed by atoms with Gasteiger partial charge in [-0.15, -0.1) is 0 Å². The van der Waals surface area contributed by atoms with E-state index in [1.54, 1.807) is 18.3 Å². The van der Waals surface area contributed by atoms with Crippen LogP contribution in [0.5, 0.6) is 0 Å². The highest BCUT2D eigenvalue weighted by Gasteiger charge is 2.29. The van der Waals surface area contributed by atoms with E-state index < -0.39 is 5.82 Å². The number of aliphatic hydroxyl groups excluding tert-OH is 1. The fourth-order valence-corrected chi connectivity index (χ4v) is 4.17. The van der Waals surface area contributed by atoms with E-state index in [0.29, 0.717) is 48.7 Å². The highest BCUT2D eigenvalue weighted by Crippen LogP contribution is 2.37. The molecule has 5 N–H and O–H groups in total. The molecule has 0 radical (unpaired) electrons. The topological polar surface area (TPSA) is 131 Å². The number of fused-ring (bicyclic) bond motifs is 1. The van der Waals surface area contributed by atoms with Crippen LogP contribution < -0.4 is 16.4 Å². The average Bonchev–Trinajstić information content (AvgIpc) is 3.14. The first-order chi connectivity index (χ1) is 15.4. The lowest BCUT2D eigenvalue weighted by Gasteiger charge is -2.29. The number of amides is 1. The van der Waals surface area contributed by atoms with Gasteiger partial charge in [0.15, 0.2) is 11.5 Å². The Hall–Kier alpha value is -2.98. The lowest BCUT2D eigenvalue weighted by Crippen LogP contribution is -2.29. The Morgan fingerprint density at radius 1 is 1.34 bits per heavy atom. The van der Waals surface area contributed by atoms with Gasteiger partial charge in [-0.3, -0.25) is 9.36 Å². The Bertz CT molecular complexity index is 1130. The summed E-state index contributed by atoms with van der Waals surface area (Å²) in [5, 5.41) is 15.4. The number of primary amides is 1. The van der Waals surface area contributed by atoms with Crippen LogP contribution in [-0.4, -0.2) is 43.2 Å². The molecule has 1 aromatic carbocycles. The first-order valence-corrected chi connectivity index (χ1v) is 10.9. The number of anilines is 3. The van der Waals surface area contributed by atoms with Crippen molar-refractivity contribution >= 4 is 46.3 Å². The molecule has 0 saturated heterocycles. The number of halogens is 2. The number of nitrogens with zero attached hydrogens (tertiary/aromatic N) is 4. The first-order valence-electron chi connectivity index (χ1n) is 10.5. The molecule has 32 heavy (non-hydrogen) atoms. The quantitative estimate of drug-likeness (QED) is 0.424. The minimum Gasteiger partial charge on any atom is -0.394 e. The molecule has 0 spiro atoms. The van der Waals surface area contributed by atoms with Crippen LogP contribution in [0.4, 0.5) is 22.0 Å². The summed E-state index contributed by atoms with van der Waals surface area (Å²) < 4.78 is 16.5. The van der Waals surface area contributed by atoms with Crippen molar-refractivity contribution in [3.63, 3.8) is 0 Å². The van der Waals surface area contributed by atoms with Gasteiger partial charge in [0.05, 0.1) is 23.5 Å². The minimum atomic E-state index is -0.574. The third kappa shape index (κ3) is 4.46.